The van der Waals surface area contributed by atoms with E-state index in [1.165, 1.54) is 52.7 Å². The lowest BCUT2D eigenvalue weighted by Crippen LogP contribution is -2.07. The number of rotatable bonds is 10. The summed E-state index contributed by atoms with van der Waals surface area (Å²) in [6, 6.07) is 0. The molecule has 0 unspecified atom stereocenters. The predicted octanol–water partition coefficient (Wildman–Crippen LogP) is 4.18. The molecule has 0 aromatic rings. The zero-order chi connectivity index (χ0) is 14.1. The second-order valence-corrected chi connectivity index (χ2v) is 7.69. The number of hydrogen-bond donors (Lipinski definition) is 0. The van der Waals surface area contributed by atoms with E-state index in [4.69, 9.17) is 9.05 Å². The van der Waals surface area contributed by atoms with Crippen LogP contribution in [0.1, 0.15) is 57.8 Å². The molecule has 1 aliphatic carbocycles. The maximum atomic E-state index is 11.8. The van der Waals surface area contributed by atoms with Gasteiger partial charge in [-0.15, -0.1) is 0 Å². The monoisotopic (exact) mass is 290 g/mol. The maximum Gasteiger partial charge on any atom is 0.337 e. The van der Waals surface area contributed by atoms with Crippen LogP contribution in [0.3, 0.4) is 0 Å². The summed E-state index contributed by atoms with van der Waals surface area (Å²) in [6.07, 6.45) is 10.5. The molecule has 1 fully saturated rings. The summed E-state index contributed by atoms with van der Waals surface area (Å²) in [7, 11) is -0.522. The highest BCUT2D eigenvalue weighted by atomic mass is 31.2. The largest absolute Gasteiger partial charge is 0.337 e. The van der Waals surface area contributed by atoms with Crippen LogP contribution >= 0.6 is 7.60 Å². The molecule has 112 valence electrons. The van der Waals surface area contributed by atoms with Crippen LogP contribution in [0.4, 0.5) is 0 Å². The van der Waals surface area contributed by atoms with E-state index in [9.17, 15) is 9.36 Å². The van der Waals surface area contributed by atoms with Crippen LogP contribution in [0.5, 0.6) is 0 Å². The lowest BCUT2D eigenvalue weighted by atomic mass is 9.99. The van der Waals surface area contributed by atoms with Gasteiger partial charge in [0.1, 0.15) is 11.9 Å². The first kappa shape index (κ1) is 16.9. The molecule has 0 amide bonds. The van der Waals surface area contributed by atoms with E-state index in [1.54, 1.807) is 0 Å². The molecule has 0 radical (unpaired) electrons. The number of ketones is 1. The summed E-state index contributed by atoms with van der Waals surface area (Å²) in [6.45, 7) is 0. The quantitative estimate of drug-likeness (QED) is 0.447. The number of unbranched alkanes of at least 4 members (excludes halogenated alkanes) is 2. The van der Waals surface area contributed by atoms with E-state index < -0.39 is 7.60 Å². The Labute approximate surface area is 116 Å². The fourth-order valence-corrected chi connectivity index (χ4v) is 3.73. The van der Waals surface area contributed by atoms with Crippen molar-refractivity contribution in [1.29, 1.82) is 0 Å². The molecule has 0 aromatic heterocycles. The van der Waals surface area contributed by atoms with Crippen LogP contribution in [0.25, 0.3) is 0 Å². The van der Waals surface area contributed by atoms with Gasteiger partial charge in [0.05, 0.1) is 0 Å². The number of Topliss-reactive ketones (excluding diaryl/α,β-unsaturated/α-hetero) is 1. The van der Waals surface area contributed by atoms with Crippen molar-refractivity contribution < 1.29 is 18.4 Å². The van der Waals surface area contributed by atoms with E-state index in [1.807, 2.05) is 0 Å². The molecule has 19 heavy (non-hydrogen) atoms. The Morgan fingerprint density at radius 3 is 2.32 bits per heavy atom. The van der Waals surface area contributed by atoms with Gasteiger partial charge in [0.25, 0.3) is 0 Å². The van der Waals surface area contributed by atoms with E-state index in [-0.39, 0.29) is 11.9 Å². The van der Waals surface area contributed by atoms with Crippen molar-refractivity contribution in [3.8, 4) is 0 Å². The third-order valence-corrected chi connectivity index (χ3v) is 5.82. The van der Waals surface area contributed by atoms with Crippen LogP contribution in [0, 0.1) is 5.92 Å². The second kappa shape index (κ2) is 8.89. The van der Waals surface area contributed by atoms with Crippen molar-refractivity contribution in [1.82, 2.24) is 0 Å². The lowest BCUT2D eigenvalue weighted by Gasteiger charge is -2.12. The minimum absolute atomic E-state index is 0.0205. The van der Waals surface area contributed by atoms with Crippen LogP contribution in [-0.2, 0) is 18.4 Å². The van der Waals surface area contributed by atoms with Crippen molar-refractivity contribution in [2.45, 2.75) is 57.8 Å². The van der Waals surface area contributed by atoms with E-state index in [0.717, 1.165) is 18.8 Å². The summed E-state index contributed by atoms with van der Waals surface area (Å²) < 4.78 is 21.3. The molecule has 0 atom stereocenters. The first-order valence-electron chi connectivity index (χ1n) is 7.32. The Morgan fingerprint density at radius 2 is 1.74 bits per heavy atom. The normalized spacial score (nSPS) is 16.9. The zero-order valence-corrected chi connectivity index (χ0v) is 13.1. The van der Waals surface area contributed by atoms with Crippen molar-refractivity contribution in [2.24, 2.45) is 5.92 Å². The highest BCUT2D eigenvalue weighted by Gasteiger charge is 2.24. The third kappa shape index (κ3) is 6.69. The number of carbonyl (C=O) groups excluding carboxylic acids is 1. The van der Waals surface area contributed by atoms with Gasteiger partial charge in [-0.1, -0.05) is 44.9 Å². The molecule has 0 N–H and O–H groups in total. The van der Waals surface area contributed by atoms with Gasteiger partial charge in [0.15, 0.2) is 0 Å². The SMILES string of the molecule is COP(=O)(CC(=O)CCCCCC1CCCC1)OC. The summed E-state index contributed by atoms with van der Waals surface area (Å²) in [5.41, 5.74) is 0. The fourth-order valence-electron chi connectivity index (χ4n) is 2.73. The second-order valence-electron chi connectivity index (χ2n) is 5.42. The Morgan fingerprint density at radius 1 is 1.11 bits per heavy atom. The molecule has 0 spiro atoms. The summed E-state index contributed by atoms with van der Waals surface area (Å²) >= 11 is 0. The van der Waals surface area contributed by atoms with Gasteiger partial charge in [-0.2, -0.15) is 0 Å². The summed E-state index contributed by atoms with van der Waals surface area (Å²) in [5.74, 6) is 0.908. The Hall–Kier alpha value is -0.180. The number of hydrogen-bond acceptors (Lipinski definition) is 4. The van der Waals surface area contributed by atoms with Crippen molar-refractivity contribution in [3.05, 3.63) is 0 Å². The van der Waals surface area contributed by atoms with Gasteiger partial charge >= 0.3 is 7.60 Å². The maximum absolute atomic E-state index is 11.8. The highest BCUT2D eigenvalue weighted by Crippen LogP contribution is 2.46. The molecule has 1 aliphatic rings. The Balaban J connectivity index is 2.05. The molecule has 0 aromatic carbocycles. The molecule has 0 saturated heterocycles. The van der Waals surface area contributed by atoms with Crippen molar-refractivity contribution in [2.75, 3.05) is 20.4 Å². The van der Waals surface area contributed by atoms with Crippen LogP contribution in [0.15, 0.2) is 0 Å². The van der Waals surface area contributed by atoms with Crippen LogP contribution in [-0.4, -0.2) is 26.2 Å². The molecule has 0 bridgehead atoms. The van der Waals surface area contributed by atoms with Crippen molar-refractivity contribution >= 4 is 13.4 Å². The average Bonchev–Trinajstić information content (AvgIpc) is 2.91. The van der Waals surface area contributed by atoms with Gasteiger partial charge in [-0.05, 0) is 12.3 Å². The van der Waals surface area contributed by atoms with Gasteiger partial charge < -0.3 is 9.05 Å². The van der Waals surface area contributed by atoms with Gasteiger partial charge in [-0.25, -0.2) is 0 Å². The fraction of sp³-hybridized carbons (Fsp3) is 0.929. The zero-order valence-electron chi connectivity index (χ0n) is 12.2. The first-order valence-corrected chi connectivity index (χ1v) is 9.04. The molecule has 0 aliphatic heterocycles. The van der Waals surface area contributed by atoms with Crippen LogP contribution < -0.4 is 0 Å². The van der Waals surface area contributed by atoms with E-state index in [0.29, 0.717) is 6.42 Å². The van der Waals surface area contributed by atoms with Crippen molar-refractivity contribution in [3.63, 3.8) is 0 Å². The molecule has 1 saturated carbocycles. The Bertz CT molecular complexity index is 303. The molecular formula is C14H27O4P. The topological polar surface area (TPSA) is 52.6 Å². The Kier molecular flexibility index (Phi) is 7.89. The van der Waals surface area contributed by atoms with E-state index >= 15 is 0 Å². The standard InChI is InChI=1S/C14H27O4P/c1-17-19(16,18-2)12-14(15)11-5-3-4-8-13-9-6-7-10-13/h13H,3-12H2,1-2H3. The van der Waals surface area contributed by atoms with Crippen LogP contribution in [0.2, 0.25) is 0 Å². The minimum Gasteiger partial charge on any atom is -0.312 e. The molecular weight excluding hydrogens is 263 g/mol. The minimum atomic E-state index is -3.16. The predicted molar refractivity (Wildman–Crippen MR) is 76.5 cm³/mol. The number of carbonyl (C=O) groups is 1. The smallest absolute Gasteiger partial charge is 0.312 e. The summed E-state index contributed by atoms with van der Waals surface area (Å²) in [5, 5.41) is 0. The third-order valence-electron chi connectivity index (χ3n) is 3.97. The average molecular weight is 290 g/mol. The highest BCUT2D eigenvalue weighted by molar-refractivity contribution is 7.54. The lowest BCUT2D eigenvalue weighted by molar-refractivity contribution is -0.117. The molecule has 0 heterocycles. The van der Waals surface area contributed by atoms with Gasteiger partial charge in [0, 0.05) is 20.6 Å². The molecule has 5 heteroatoms. The first-order chi connectivity index (χ1) is 9.09. The molecule has 4 nitrogen and oxygen atoms in total. The van der Waals surface area contributed by atoms with E-state index in [2.05, 4.69) is 0 Å². The summed E-state index contributed by atoms with van der Waals surface area (Å²) in [4.78, 5) is 11.7. The van der Waals surface area contributed by atoms with Gasteiger partial charge in [-0.3, -0.25) is 9.36 Å². The molecule has 1 rings (SSSR count). The van der Waals surface area contributed by atoms with Gasteiger partial charge in [0.2, 0.25) is 0 Å².